The van der Waals surface area contributed by atoms with Crippen molar-refractivity contribution in [1.82, 2.24) is 4.98 Å². The van der Waals surface area contributed by atoms with Gasteiger partial charge in [0.05, 0.1) is 23.4 Å². The van der Waals surface area contributed by atoms with Gasteiger partial charge >= 0.3 is 0 Å². The molecular weight excluding hydrogens is 224 g/mol. The number of para-hydroxylation sites is 1. The van der Waals surface area contributed by atoms with Crippen LogP contribution in [0.5, 0.6) is 0 Å². The van der Waals surface area contributed by atoms with Gasteiger partial charge in [-0.3, -0.25) is 0 Å². The molecule has 0 aliphatic rings. The van der Waals surface area contributed by atoms with Crippen molar-refractivity contribution >= 4 is 26.7 Å². The van der Waals surface area contributed by atoms with E-state index in [1.807, 2.05) is 29.2 Å². The lowest BCUT2D eigenvalue weighted by Crippen LogP contribution is -2.29. The van der Waals surface area contributed by atoms with Crippen LogP contribution in [0.25, 0.3) is 10.2 Å². The van der Waals surface area contributed by atoms with Crippen LogP contribution in [0.2, 0.25) is 0 Å². The standard InChI is InChI=1S/C11H14N2O2S/c14-7-5-13(6-8-15)11-12-9-3-1-2-4-10(9)16-11/h1-4,14-15H,5-8H2. The number of rotatable bonds is 5. The summed E-state index contributed by atoms with van der Waals surface area (Å²) in [7, 11) is 0. The Labute approximate surface area is 97.8 Å². The molecule has 0 fully saturated rings. The van der Waals surface area contributed by atoms with Crippen molar-refractivity contribution in [2.75, 3.05) is 31.2 Å². The molecule has 0 amide bonds. The quantitative estimate of drug-likeness (QED) is 0.818. The third kappa shape index (κ3) is 2.32. The molecule has 0 aliphatic carbocycles. The van der Waals surface area contributed by atoms with Crippen LogP contribution >= 0.6 is 11.3 Å². The summed E-state index contributed by atoms with van der Waals surface area (Å²) in [6, 6.07) is 7.92. The molecule has 1 aromatic carbocycles. The van der Waals surface area contributed by atoms with Gasteiger partial charge in [0.2, 0.25) is 0 Å². The first-order valence-electron chi connectivity index (χ1n) is 5.17. The van der Waals surface area contributed by atoms with Crippen molar-refractivity contribution in [2.24, 2.45) is 0 Å². The van der Waals surface area contributed by atoms with Gasteiger partial charge in [0.25, 0.3) is 0 Å². The van der Waals surface area contributed by atoms with Gasteiger partial charge in [-0.25, -0.2) is 4.98 Å². The number of thiazole rings is 1. The smallest absolute Gasteiger partial charge is 0.186 e. The molecule has 1 heterocycles. The normalized spacial score (nSPS) is 10.9. The number of aliphatic hydroxyl groups is 2. The zero-order valence-electron chi connectivity index (χ0n) is 8.83. The van der Waals surface area contributed by atoms with Gasteiger partial charge in [-0.1, -0.05) is 23.5 Å². The molecule has 1 aromatic heterocycles. The van der Waals surface area contributed by atoms with E-state index in [2.05, 4.69) is 4.98 Å². The maximum absolute atomic E-state index is 8.95. The lowest BCUT2D eigenvalue weighted by Gasteiger charge is -2.18. The number of hydrogen-bond donors (Lipinski definition) is 2. The van der Waals surface area contributed by atoms with Crippen molar-refractivity contribution < 1.29 is 10.2 Å². The number of benzene rings is 1. The predicted molar refractivity (Wildman–Crippen MR) is 66.0 cm³/mol. The Hall–Kier alpha value is -1.17. The minimum absolute atomic E-state index is 0.0654. The molecule has 0 spiro atoms. The summed E-state index contributed by atoms with van der Waals surface area (Å²) in [5.74, 6) is 0. The average molecular weight is 238 g/mol. The number of anilines is 1. The highest BCUT2D eigenvalue weighted by Gasteiger charge is 2.10. The second kappa shape index (κ2) is 5.25. The summed E-state index contributed by atoms with van der Waals surface area (Å²) in [6.07, 6.45) is 0. The maximum atomic E-state index is 8.95. The molecule has 2 aromatic rings. The second-order valence-electron chi connectivity index (χ2n) is 3.40. The van der Waals surface area contributed by atoms with Crippen LogP contribution in [0.4, 0.5) is 5.13 Å². The highest BCUT2D eigenvalue weighted by Crippen LogP contribution is 2.28. The summed E-state index contributed by atoms with van der Waals surface area (Å²) < 4.78 is 1.12. The topological polar surface area (TPSA) is 56.6 Å². The molecule has 0 unspecified atom stereocenters. The molecule has 2 rings (SSSR count). The first-order valence-corrected chi connectivity index (χ1v) is 5.99. The number of aliphatic hydroxyl groups excluding tert-OH is 2. The zero-order chi connectivity index (χ0) is 11.4. The van der Waals surface area contributed by atoms with E-state index in [0.29, 0.717) is 13.1 Å². The minimum Gasteiger partial charge on any atom is -0.395 e. The van der Waals surface area contributed by atoms with Gasteiger partial charge in [0.15, 0.2) is 5.13 Å². The van der Waals surface area contributed by atoms with Gasteiger partial charge in [-0.2, -0.15) is 0 Å². The van der Waals surface area contributed by atoms with Crippen molar-refractivity contribution in [1.29, 1.82) is 0 Å². The Morgan fingerprint density at radius 2 is 1.81 bits per heavy atom. The molecule has 0 aliphatic heterocycles. The average Bonchev–Trinajstić information content (AvgIpc) is 2.72. The van der Waals surface area contributed by atoms with Crippen molar-refractivity contribution in [3.05, 3.63) is 24.3 Å². The molecule has 0 saturated heterocycles. The number of hydrogen-bond acceptors (Lipinski definition) is 5. The largest absolute Gasteiger partial charge is 0.395 e. The van der Waals surface area contributed by atoms with Crippen molar-refractivity contribution in [2.45, 2.75) is 0 Å². The van der Waals surface area contributed by atoms with Crippen LogP contribution in [-0.4, -0.2) is 41.5 Å². The van der Waals surface area contributed by atoms with E-state index < -0.39 is 0 Å². The number of fused-ring (bicyclic) bond motifs is 1. The fourth-order valence-corrected chi connectivity index (χ4v) is 2.56. The SMILES string of the molecule is OCCN(CCO)c1nc2ccccc2s1. The van der Waals surface area contributed by atoms with Gasteiger partial charge in [0.1, 0.15) is 0 Å². The van der Waals surface area contributed by atoms with Gasteiger partial charge in [-0.05, 0) is 12.1 Å². The molecule has 0 atom stereocenters. The Kier molecular flexibility index (Phi) is 3.71. The van der Waals surface area contributed by atoms with E-state index in [0.717, 1.165) is 15.3 Å². The molecule has 86 valence electrons. The lowest BCUT2D eigenvalue weighted by molar-refractivity contribution is 0.281. The molecule has 16 heavy (non-hydrogen) atoms. The van der Waals surface area contributed by atoms with Gasteiger partial charge in [-0.15, -0.1) is 0 Å². The van der Waals surface area contributed by atoms with Gasteiger partial charge in [0, 0.05) is 13.1 Å². The summed E-state index contributed by atoms with van der Waals surface area (Å²) in [6.45, 7) is 1.13. The van der Waals surface area contributed by atoms with Crippen LogP contribution in [0.3, 0.4) is 0 Å². The Morgan fingerprint density at radius 1 is 1.12 bits per heavy atom. The van der Waals surface area contributed by atoms with E-state index in [1.54, 1.807) is 11.3 Å². The molecule has 0 saturated carbocycles. The van der Waals surface area contributed by atoms with Crippen molar-refractivity contribution in [3.8, 4) is 0 Å². The fourth-order valence-electron chi connectivity index (χ4n) is 1.54. The van der Waals surface area contributed by atoms with Crippen molar-refractivity contribution in [3.63, 3.8) is 0 Å². The predicted octanol–water partition coefficient (Wildman–Crippen LogP) is 1.09. The first kappa shape index (κ1) is 11.3. The highest BCUT2D eigenvalue weighted by molar-refractivity contribution is 7.22. The fraction of sp³-hybridized carbons (Fsp3) is 0.364. The van der Waals surface area contributed by atoms with E-state index in [4.69, 9.17) is 10.2 Å². The molecular formula is C11H14N2O2S. The highest BCUT2D eigenvalue weighted by atomic mass is 32.1. The first-order chi connectivity index (χ1) is 7.85. The van der Waals surface area contributed by atoms with Crippen LogP contribution in [-0.2, 0) is 0 Å². The summed E-state index contributed by atoms with van der Waals surface area (Å²) in [5.41, 5.74) is 0.961. The Balaban J connectivity index is 2.29. The number of nitrogens with zero attached hydrogens (tertiary/aromatic N) is 2. The molecule has 4 nitrogen and oxygen atoms in total. The Morgan fingerprint density at radius 3 is 2.44 bits per heavy atom. The molecule has 2 N–H and O–H groups in total. The van der Waals surface area contributed by atoms with Crippen LogP contribution in [0.1, 0.15) is 0 Å². The molecule has 0 radical (unpaired) electrons. The third-order valence-electron chi connectivity index (χ3n) is 2.29. The van der Waals surface area contributed by atoms with E-state index in [-0.39, 0.29) is 13.2 Å². The lowest BCUT2D eigenvalue weighted by atomic mass is 10.3. The summed E-state index contributed by atoms with van der Waals surface area (Å²) in [5, 5.41) is 18.8. The minimum atomic E-state index is 0.0654. The van der Waals surface area contributed by atoms with E-state index in [9.17, 15) is 0 Å². The van der Waals surface area contributed by atoms with E-state index >= 15 is 0 Å². The molecule has 0 bridgehead atoms. The van der Waals surface area contributed by atoms with E-state index in [1.165, 1.54) is 0 Å². The maximum Gasteiger partial charge on any atom is 0.186 e. The summed E-state index contributed by atoms with van der Waals surface area (Å²) >= 11 is 1.58. The zero-order valence-corrected chi connectivity index (χ0v) is 9.65. The van der Waals surface area contributed by atoms with Crippen LogP contribution in [0.15, 0.2) is 24.3 Å². The number of aromatic nitrogens is 1. The monoisotopic (exact) mass is 238 g/mol. The molecule has 5 heteroatoms. The Bertz CT molecular complexity index is 419. The third-order valence-corrected chi connectivity index (χ3v) is 3.39. The summed E-state index contributed by atoms with van der Waals surface area (Å²) in [4.78, 5) is 6.37. The van der Waals surface area contributed by atoms with Crippen LogP contribution < -0.4 is 4.90 Å². The second-order valence-corrected chi connectivity index (χ2v) is 4.41. The van der Waals surface area contributed by atoms with Gasteiger partial charge < -0.3 is 15.1 Å². The van der Waals surface area contributed by atoms with Crippen LogP contribution in [0, 0.1) is 0 Å².